The quantitative estimate of drug-likeness (QED) is 0.395. The fourth-order valence-electron chi connectivity index (χ4n) is 2.50. The summed E-state index contributed by atoms with van der Waals surface area (Å²) in [5.74, 6) is 0.268. The smallest absolute Gasteiger partial charge is 0.326 e. The molecule has 1 aliphatic heterocycles. The molecule has 0 saturated carbocycles. The van der Waals surface area contributed by atoms with Gasteiger partial charge in [0, 0.05) is 0 Å². The summed E-state index contributed by atoms with van der Waals surface area (Å²) in [6.07, 6.45) is 2.52. The summed E-state index contributed by atoms with van der Waals surface area (Å²) in [6, 6.07) is 5.35. The Morgan fingerprint density at radius 1 is 1.17 bits per heavy atom. The van der Waals surface area contributed by atoms with Crippen LogP contribution < -0.4 is 9.47 Å². The lowest BCUT2D eigenvalue weighted by Crippen LogP contribution is -2.34. The van der Waals surface area contributed by atoms with E-state index >= 15 is 0 Å². The molecule has 1 saturated heterocycles. The second kappa shape index (κ2) is 11.1. The van der Waals surface area contributed by atoms with Gasteiger partial charge < -0.3 is 14.2 Å². The summed E-state index contributed by atoms with van der Waals surface area (Å²) in [4.78, 5) is 37.9. The minimum Gasteiger partial charge on any atom is -0.490 e. The minimum absolute atomic E-state index is 0.0435. The fourth-order valence-corrected chi connectivity index (χ4v) is 3.34. The lowest BCUT2D eigenvalue weighted by atomic mass is 10.1. The molecule has 8 heteroatoms. The maximum Gasteiger partial charge on any atom is 0.326 e. The van der Waals surface area contributed by atoms with Crippen molar-refractivity contribution >= 4 is 35.0 Å². The third kappa shape index (κ3) is 6.52. The molecule has 0 bridgehead atoms. The second-order valence-corrected chi connectivity index (χ2v) is 8.31. The Balaban J connectivity index is 2.16. The number of hydrogen-bond donors (Lipinski definition) is 0. The number of carbonyl (C=O) groups excluding carboxylic acids is 3. The number of amides is 2. The zero-order valence-corrected chi connectivity index (χ0v) is 18.9. The molecule has 1 aromatic rings. The predicted octanol–water partition coefficient (Wildman–Crippen LogP) is 4.50. The Morgan fingerprint density at radius 2 is 1.90 bits per heavy atom. The zero-order chi connectivity index (χ0) is 22.3. The van der Waals surface area contributed by atoms with Gasteiger partial charge in [-0.05, 0) is 61.7 Å². The molecule has 1 fully saturated rings. The Bertz CT molecular complexity index is 820. The third-order valence-corrected chi connectivity index (χ3v) is 5.11. The van der Waals surface area contributed by atoms with E-state index in [4.69, 9.17) is 14.2 Å². The van der Waals surface area contributed by atoms with Gasteiger partial charge in [-0.1, -0.05) is 26.8 Å². The zero-order valence-electron chi connectivity index (χ0n) is 18.1. The van der Waals surface area contributed by atoms with E-state index in [-0.39, 0.29) is 30.1 Å². The fraction of sp³-hybridized carbons (Fsp3) is 0.500. The largest absolute Gasteiger partial charge is 0.490 e. The van der Waals surface area contributed by atoms with Crippen molar-refractivity contribution in [3.8, 4) is 11.5 Å². The monoisotopic (exact) mass is 435 g/mol. The highest BCUT2D eigenvalue weighted by atomic mass is 32.2. The molecule has 7 nitrogen and oxygen atoms in total. The summed E-state index contributed by atoms with van der Waals surface area (Å²) in [5, 5.41) is -0.491. The van der Waals surface area contributed by atoms with Gasteiger partial charge >= 0.3 is 5.97 Å². The molecule has 0 unspecified atom stereocenters. The van der Waals surface area contributed by atoms with Crippen LogP contribution in [0.15, 0.2) is 23.1 Å². The summed E-state index contributed by atoms with van der Waals surface area (Å²) < 4.78 is 16.6. The van der Waals surface area contributed by atoms with Crippen molar-refractivity contribution in [3.05, 3.63) is 28.7 Å². The maximum absolute atomic E-state index is 12.6. The summed E-state index contributed by atoms with van der Waals surface area (Å²) >= 11 is 0.799. The number of ether oxygens (including phenoxy) is 3. The lowest BCUT2D eigenvalue weighted by molar-refractivity contribution is -0.147. The van der Waals surface area contributed by atoms with Crippen LogP contribution in [0.25, 0.3) is 6.08 Å². The first-order valence-electron chi connectivity index (χ1n) is 10.1. The topological polar surface area (TPSA) is 82.1 Å². The van der Waals surface area contributed by atoms with Crippen LogP contribution in [-0.2, 0) is 14.3 Å². The molecule has 2 rings (SSSR count). The molecule has 30 heavy (non-hydrogen) atoms. The van der Waals surface area contributed by atoms with Crippen molar-refractivity contribution in [1.82, 2.24) is 4.90 Å². The van der Waals surface area contributed by atoms with Crippen LogP contribution in [0.1, 0.15) is 46.6 Å². The lowest BCUT2D eigenvalue weighted by Gasteiger charge is -2.16. The van der Waals surface area contributed by atoms with Crippen LogP contribution in [0.5, 0.6) is 11.5 Å². The number of hydrogen-bond acceptors (Lipinski definition) is 7. The molecule has 0 spiro atoms. The predicted molar refractivity (Wildman–Crippen MR) is 116 cm³/mol. The molecule has 0 N–H and O–H groups in total. The molecule has 2 amide bonds. The molecule has 0 aromatic heterocycles. The molecule has 0 aliphatic carbocycles. The van der Waals surface area contributed by atoms with Crippen molar-refractivity contribution in [1.29, 1.82) is 0 Å². The van der Waals surface area contributed by atoms with Crippen LogP contribution in [0.3, 0.4) is 0 Å². The highest BCUT2D eigenvalue weighted by molar-refractivity contribution is 8.18. The van der Waals surface area contributed by atoms with Crippen molar-refractivity contribution in [2.75, 3.05) is 19.8 Å². The Kier molecular flexibility index (Phi) is 8.77. The first-order chi connectivity index (χ1) is 14.2. The van der Waals surface area contributed by atoms with E-state index in [1.54, 1.807) is 24.3 Å². The first-order valence-corrected chi connectivity index (χ1v) is 10.9. The highest BCUT2D eigenvalue weighted by Crippen LogP contribution is 2.35. The molecular formula is C22H29NO6S. The minimum atomic E-state index is -0.600. The molecule has 164 valence electrons. The van der Waals surface area contributed by atoms with Gasteiger partial charge in [0.05, 0.1) is 24.2 Å². The standard InChI is InChI=1S/C22H29NO6S/c1-6-15(5)29-17-9-8-16(10-18(17)27-7-2)11-19-21(25)23(22(26)30-19)12-20(24)28-13-14(3)4/h8-11,14-15H,6-7,12-13H2,1-5H3/b19-11+/t15-/m1/s1. The first kappa shape index (κ1) is 23.8. The van der Waals surface area contributed by atoms with Gasteiger partial charge in [0.2, 0.25) is 0 Å². The van der Waals surface area contributed by atoms with E-state index in [0.29, 0.717) is 23.7 Å². The van der Waals surface area contributed by atoms with E-state index in [1.165, 1.54) is 0 Å². The van der Waals surface area contributed by atoms with Crippen LogP contribution >= 0.6 is 11.8 Å². The molecule has 1 heterocycles. The van der Waals surface area contributed by atoms with Crippen LogP contribution in [0.2, 0.25) is 0 Å². The number of imide groups is 1. The average Bonchev–Trinajstić information content (AvgIpc) is 2.95. The van der Waals surface area contributed by atoms with Gasteiger partial charge in [0.15, 0.2) is 11.5 Å². The Hall–Kier alpha value is -2.48. The van der Waals surface area contributed by atoms with E-state index in [9.17, 15) is 14.4 Å². The number of nitrogens with zero attached hydrogens (tertiary/aromatic N) is 1. The third-order valence-electron chi connectivity index (χ3n) is 4.21. The number of rotatable bonds is 10. The number of carbonyl (C=O) groups is 3. The van der Waals surface area contributed by atoms with Gasteiger partial charge in [-0.3, -0.25) is 19.3 Å². The van der Waals surface area contributed by atoms with Crippen molar-refractivity contribution in [2.45, 2.75) is 47.1 Å². The van der Waals surface area contributed by atoms with Crippen molar-refractivity contribution in [2.24, 2.45) is 5.92 Å². The molecular weight excluding hydrogens is 406 g/mol. The van der Waals surface area contributed by atoms with Gasteiger partial charge in [0.25, 0.3) is 11.1 Å². The Labute approximate surface area is 181 Å². The van der Waals surface area contributed by atoms with E-state index in [2.05, 4.69) is 0 Å². The van der Waals surface area contributed by atoms with Gasteiger partial charge in [0.1, 0.15) is 6.54 Å². The van der Waals surface area contributed by atoms with Crippen molar-refractivity contribution < 1.29 is 28.6 Å². The second-order valence-electron chi connectivity index (χ2n) is 7.32. The number of benzene rings is 1. The van der Waals surface area contributed by atoms with Crippen LogP contribution in [0.4, 0.5) is 4.79 Å². The Morgan fingerprint density at radius 3 is 2.53 bits per heavy atom. The average molecular weight is 436 g/mol. The maximum atomic E-state index is 12.6. The van der Waals surface area contributed by atoms with E-state index in [1.807, 2.05) is 34.6 Å². The van der Waals surface area contributed by atoms with Crippen LogP contribution in [-0.4, -0.2) is 47.9 Å². The summed E-state index contributed by atoms with van der Waals surface area (Å²) in [5.41, 5.74) is 0.697. The van der Waals surface area contributed by atoms with E-state index < -0.39 is 17.1 Å². The van der Waals surface area contributed by atoms with Crippen LogP contribution in [0, 0.1) is 5.92 Å². The van der Waals surface area contributed by atoms with Gasteiger partial charge in [-0.15, -0.1) is 0 Å². The summed E-state index contributed by atoms with van der Waals surface area (Å²) in [6.45, 7) is 10.0. The number of esters is 1. The molecule has 0 radical (unpaired) electrons. The van der Waals surface area contributed by atoms with E-state index in [0.717, 1.165) is 23.1 Å². The van der Waals surface area contributed by atoms with Gasteiger partial charge in [-0.2, -0.15) is 0 Å². The SMILES string of the molecule is CCOc1cc(/C=C2/SC(=O)N(CC(=O)OCC(C)C)C2=O)ccc1O[C@H](C)CC. The molecule has 1 aliphatic rings. The van der Waals surface area contributed by atoms with Gasteiger partial charge in [-0.25, -0.2) is 0 Å². The molecule has 1 atom stereocenters. The summed E-state index contributed by atoms with van der Waals surface area (Å²) in [7, 11) is 0. The highest BCUT2D eigenvalue weighted by Gasteiger charge is 2.36. The van der Waals surface area contributed by atoms with Crippen molar-refractivity contribution in [3.63, 3.8) is 0 Å². The number of thioether (sulfide) groups is 1. The normalized spacial score (nSPS) is 16.3. The molecule has 1 aromatic carbocycles.